The maximum atomic E-state index is 12.6. The fourth-order valence-electron chi connectivity index (χ4n) is 4.45. The molecule has 0 aliphatic rings. The number of esters is 2. The fourth-order valence-corrected chi connectivity index (χ4v) is 5.19. The Morgan fingerprint density at radius 2 is 1.08 bits per heavy atom. The van der Waals surface area contributed by atoms with Gasteiger partial charge in [0.25, 0.3) is 0 Å². The lowest BCUT2D eigenvalue weighted by Gasteiger charge is -2.24. The molecule has 0 radical (unpaired) electrons. The van der Waals surface area contributed by atoms with Gasteiger partial charge in [-0.3, -0.25) is 18.6 Å². The second-order valence-corrected chi connectivity index (χ2v) is 15.0. The monoisotopic (exact) mass is 748 g/mol. The van der Waals surface area contributed by atoms with E-state index in [0.29, 0.717) is 23.9 Å². The summed E-state index contributed by atoms with van der Waals surface area (Å²) in [5.74, 6) is -0.926. The van der Waals surface area contributed by atoms with Crippen molar-refractivity contribution in [2.75, 3.05) is 47.5 Å². The van der Waals surface area contributed by atoms with Crippen LogP contribution >= 0.6 is 7.82 Å². The molecule has 0 aliphatic heterocycles. The third kappa shape index (κ3) is 37.0. The van der Waals surface area contributed by atoms with Crippen LogP contribution in [-0.2, 0) is 32.7 Å². The fraction of sp³-hybridized carbons (Fsp3) is 0.619. The van der Waals surface area contributed by atoms with E-state index in [2.05, 4.69) is 86.8 Å². The summed E-state index contributed by atoms with van der Waals surface area (Å²) in [4.78, 5) is 35.2. The molecule has 0 amide bonds. The number of phosphoric ester groups is 1. The normalized spacial score (nSPS) is 14.7. The minimum absolute atomic E-state index is 0.0112. The van der Waals surface area contributed by atoms with Crippen molar-refractivity contribution in [1.29, 1.82) is 0 Å². The van der Waals surface area contributed by atoms with Gasteiger partial charge in [-0.15, -0.1) is 0 Å². The number of phosphoric acid groups is 1. The average molecular weight is 749 g/mol. The molecule has 0 spiro atoms. The summed E-state index contributed by atoms with van der Waals surface area (Å²) in [5.41, 5.74) is 0. The number of carbonyl (C=O) groups excluding carboxylic acids is 2. The van der Waals surface area contributed by atoms with Gasteiger partial charge in [0.2, 0.25) is 0 Å². The summed E-state index contributed by atoms with van der Waals surface area (Å²) in [5, 5.41) is 0. The van der Waals surface area contributed by atoms with Crippen molar-refractivity contribution in [3.8, 4) is 0 Å². The van der Waals surface area contributed by atoms with Crippen molar-refractivity contribution in [1.82, 2.24) is 0 Å². The van der Waals surface area contributed by atoms with Gasteiger partial charge < -0.3 is 18.9 Å². The van der Waals surface area contributed by atoms with Crippen LogP contribution in [0.5, 0.6) is 0 Å². The van der Waals surface area contributed by atoms with Crippen LogP contribution in [0.2, 0.25) is 0 Å². The van der Waals surface area contributed by atoms with Gasteiger partial charge in [-0.1, -0.05) is 118 Å². The molecule has 0 heterocycles. The van der Waals surface area contributed by atoms with E-state index in [9.17, 15) is 19.0 Å². The highest BCUT2D eigenvalue weighted by Gasteiger charge is 2.27. The Hall–Kier alpha value is -2.81. The number of likely N-dealkylation sites (N-methyl/N-ethyl adjacent to an activating group) is 1. The van der Waals surface area contributed by atoms with E-state index in [1.165, 1.54) is 0 Å². The van der Waals surface area contributed by atoms with Crippen molar-refractivity contribution in [2.45, 2.75) is 123 Å². The molecule has 0 aromatic rings. The van der Waals surface area contributed by atoms with E-state index in [-0.39, 0.29) is 26.1 Å². The van der Waals surface area contributed by atoms with Crippen LogP contribution in [0.25, 0.3) is 0 Å². The van der Waals surface area contributed by atoms with E-state index < -0.39 is 32.5 Å². The molecule has 0 saturated heterocycles. The first kappa shape index (κ1) is 49.2. The molecular weight excluding hydrogens is 677 g/mol. The molecule has 1 N–H and O–H groups in total. The van der Waals surface area contributed by atoms with Gasteiger partial charge in [0.1, 0.15) is 19.8 Å². The molecule has 0 fully saturated rings. The minimum Gasteiger partial charge on any atom is -0.462 e. The topological polar surface area (TPSA) is 108 Å². The third-order valence-electron chi connectivity index (χ3n) is 7.43. The number of hydrogen-bond donors (Lipinski definition) is 1. The maximum absolute atomic E-state index is 12.6. The van der Waals surface area contributed by atoms with E-state index in [4.69, 9.17) is 18.5 Å². The molecule has 2 atom stereocenters. The number of ether oxygens (including phenoxy) is 2. The summed E-state index contributed by atoms with van der Waals surface area (Å²) in [6.07, 6.45) is 42.3. The smallest absolute Gasteiger partial charge is 0.462 e. The Labute approximate surface area is 316 Å². The first-order chi connectivity index (χ1) is 25.0. The second-order valence-electron chi connectivity index (χ2n) is 13.5. The van der Waals surface area contributed by atoms with Crippen molar-refractivity contribution in [3.05, 3.63) is 85.1 Å². The summed E-state index contributed by atoms with van der Waals surface area (Å²) in [6, 6.07) is 0. The average Bonchev–Trinajstić information content (AvgIpc) is 3.09. The predicted molar refractivity (Wildman–Crippen MR) is 215 cm³/mol. The number of allylic oxidation sites excluding steroid dienone is 14. The van der Waals surface area contributed by atoms with Crippen LogP contribution in [-0.4, -0.2) is 74.9 Å². The van der Waals surface area contributed by atoms with Crippen molar-refractivity contribution < 1.29 is 42.1 Å². The highest BCUT2D eigenvalue weighted by Crippen LogP contribution is 2.43. The zero-order valence-corrected chi connectivity index (χ0v) is 33.9. The highest BCUT2D eigenvalue weighted by molar-refractivity contribution is 7.47. The van der Waals surface area contributed by atoms with Crippen molar-refractivity contribution >= 4 is 19.8 Å². The van der Waals surface area contributed by atoms with E-state index in [0.717, 1.165) is 77.0 Å². The lowest BCUT2D eigenvalue weighted by atomic mass is 10.1. The Bertz CT molecular complexity index is 1160. The Kier molecular flexibility index (Phi) is 32.2. The zero-order chi connectivity index (χ0) is 38.6. The van der Waals surface area contributed by atoms with Crippen LogP contribution < -0.4 is 0 Å². The molecule has 10 heteroatoms. The second kappa shape index (κ2) is 34.0. The first-order valence-electron chi connectivity index (χ1n) is 19.3. The van der Waals surface area contributed by atoms with E-state index in [1.807, 2.05) is 33.3 Å². The number of rotatable bonds is 33. The standard InChI is InChI=1S/C42H70NO8P/c1-6-8-10-12-14-16-18-20-21-23-24-26-28-30-32-34-41(44)48-38-40(39-50-52(46,47)49-37-36-43(3,4)5)51-42(45)35-33-31-29-27-25-22-19-17-15-13-11-9-7-2/h8-11,14-17,20-22,25,29,31,40H,6-7,12-13,18-19,23-24,26-28,30,32-39H2,1-5H3/p+1/b10-8-,11-9-,16-14-,17-15-,21-20-,25-22-,31-29-. The molecule has 0 aromatic heterocycles. The lowest BCUT2D eigenvalue weighted by Crippen LogP contribution is -2.37. The van der Waals surface area contributed by atoms with Crippen LogP contribution in [0.1, 0.15) is 117 Å². The lowest BCUT2D eigenvalue weighted by molar-refractivity contribution is -0.870. The zero-order valence-electron chi connectivity index (χ0n) is 33.0. The molecule has 0 saturated carbocycles. The van der Waals surface area contributed by atoms with Crippen LogP contribution in [0.4, 0.5) is 0 Å². The van der Waals surface area contributed by atoms with E-state index in [1.54, 1.807) is 0 Å². The number of nitrogens with zero attached hydrogens (tertiary/aromatic N) is 1. The maximum Gasteiger partial charge on any atom is 0.472 e. The minimum atomic E-state index is -4.40. The quantitative estimate of drug-likeness (QED) is 0.0232. The predicted octanol–water partition coefficient (Wildman–Crippen LogP) is 10.5. The Morgan fingerprint density at radius 1 is 0.596 bits per heavy atom. The molecular formula is C42H71NO8P+. The van der Waals surface area contributed by atoms with Crippen molar-refractivity contribution in [2.24, 2.45) is 0 Å². The molecule has 0 aromatic carbocycles. The molecule has 52 heavy (non-hydrogen) atoms. The van der Waals surface area contributed by atoms with Gasteiger partial charge in [0, 0.05) is 12.8 Å². The van der Waals surface area contributed by atoms with Crippen LogP contribution in [0.3, 0.4) is 0 Å². The molecule has 0 bridgehead atoms. The van der Waals surface area contributed by atoms with E-state index >= 15 is 0 Å². The molecule has 296 valence electrons. The number of hydrogen-bond acceptors (Lipinski definition) is 7. The summed E-state index contributed by atoms with van der Waals surface area (Å²) >= 11 is 0. The molecule has 9 nitrogen and oxygen atoms in total. The molecule has 2 unspecified atom stereocenters. The van der Waals surface area contributed by atoms with Gasteiger partial charge in [-0.2, -0.15) is 0 Å². The first-order valence-corrected chi connectivity index (χ1v) is 20.8. The summed E-state index contributed by atoms with van der Waals surface area (Å²) in [6.45, 7) is 4.04. The van der Waals surface area contributed by atoms with Gasteiger partial charge >= 0.3 is 19.8 Å². The number of quaternary nitrogens is 1. The molecule has 0 rings (SSSR count). The van der Waals surface area contributed by atoms with Gasteiger partial charge in [-0.05, 0) is 70.6 Å². The van der Waals surface area contributed by atoms with Crippen LogP contribution in [0, 0.1) is 0 Å². The number of unbranched alkanes of at least 4 members (excludes halogenated alkanes) is 5. The highest BCUT2D eigenvalue weighted by atomic mass is 31.2. The summed E-state index contributed by atoms with van der Waals surface area (Å²) in [7, 11) is 1.40. The Morgan fingerprint density at radius 3 is 1.62 bits per heavy atom. The molecule has 0 aliphatic carbocycles. The van der Waals surface area contributed by atoms with Gasteiger partial charge in [-0.25, -0.2) is 4.57 Å². The number of carbonyl (C=O) groups is 2. The SMILES string of the molecule is CC/C=C\C/C=C\C/C=C\C/C=C\CCC(=O)OC(COC(=O)CCCCCCC/C=C\C/C=C\C/C=C\CC)COP(=O)(O)OCC[N+](C)(C)C. The Balaban J connectivity index is 4.58. The van der Waals surface area contributed by atoms with Crippen molar-refractivity contribution in [3.63, 3.8) is 0 Å². The van der Waals surface area contributed by atoms with Gasteiger partial charge in [0.05, 0.1) is 27.7 Å². The third-order valence-corrected chi connectivity index (χ3v) is 8.42. The van der Waals surface area contributed by atoms with Crippen LogP contribution in [0.15, 0.2) is 85.1 Å². The summed E-state index contributed by atoms with van der Waals surface area (Å²) < 4.78 is 34.0. The largest absolute Gasteiger partial charge is 0.472 e. The van der Waals surface area contributed by atoms with Gasteiger partial charge in [0.15, 0.2) is 6.10 Å².